The van der Waals surface area contributed by atoms with Crippen molar-refractivity contribution in [1.82, 2.24) is 15.2 Å². The van der Waals surface area contributed by atoms with Crippen LogP contribution in [0.5, 0.6) is 0 Å². The van der Waals surface area contributed by atoms with Gasteiger partial charge in [-0.15, -0.1) is 0 Å². The summed E-state index contributed by atoms with van der Waals surface area (Å²) >= 11 is 0. The summed E-state index contributed by atoms with van der Waals surface area (Å²) in [5.74, 6) is -0.738. The predicted molar refractivity (Wildman–Crippen MR) is 107 cm³/mol. The number of likely N-dealkylation sites (tertiary alicyclic amines) is 1. The predicted octanol–water partition coefficient (Wildman–Crippen LogP) is 3.17. The molecule has 0 bridgehead atoms. The zero-order valence-electron chi connectivity index (χ0n) is 16.5. The van der Waals surface area contributed by atoms with Crippen molar-refractivity contribution >= 4 is 11.9 Å². The first kappa shape index (κ1) is 20.0. The molecule has 0 spiro atoms. The molecule has 0 aliphatic carbocycles. The number of esters is 1. The molecule has 1 fully saturated rings. The van der Waals surface area contributed by atoms with Gasteiger partial charge in [0.1, 0.15) is 5.69 Å². The fraction of sp³-hybridized carbons (Fsp3) is 0.409. The average Bonchev–Trinajstić information content (AvgIpc) is 2.74. The second-order valence-electron chi connectivity index (χ2n) is 7.19. The molecule has 1 aliphatic heterocycles. The molecule has 0 radical (unpaired) electrons. The van der Waals surface area contributed by atoms with Gasteiger partial charge in [-0.25, -0.2) is 4.79 Å². The van der Waals surface area contributed by atoms with E-state index in [-0.39, 0.29) is 11.6 Å². The zero-order chi connectivity index (χ0) is 19.9. The van der Waals surface area contributed by atoms with E-state index in [0.717, 1.165) is 18.7 Å². The third kappa shape index (κ3) is 4.95. The van der Waals surface area contributed by atoms with E-state index in [9.17, 15) is 9.59 Å². The van der Waals surface area contributed by atoms with Crippen LogP contribution >= 0.6 is 0 Å². The number of aromatic nitrogens is 1. The minimum atomic E-state index is -0.472. The second-order valence-corrected chi connectivity index (χ2v) is 7.19. The minimum Gasteiger partial charge on any atom is -0.465 e. The molecule has 3 rings (SSSR count). The molecule has 6 heteroatoms. The molecule has 6 nitrogen and oxygen atoms in total. The van der Waals surface area contributed by atoms with Crippen molar-refractivity contribution in [2.75, 3.05) is 13.7 Å². The van der Waals surface area contributed by atoms with Crippen molar-refractivity contribution < 1.29 is 14.3 Å². The molecule has 1 aromatic heterocycles. The minimum absolute atomic E-state index is 0.266. The first-order valence-corrected chi connectivity index (χ1v) is 9.72. The monoisotopic (exact) mass is 381 g/mol. The van der Waals surface area contributed by atoms with Crippen LogP contribution in [-0.4, -0.2) is 41.5 Å². The van der Waals surface area contributed by atoms with E-state index in [4.69, 9.17) is 0 Å². The lowest BCUT2D eigenvalue weighted by molar-refractivity contribution is 0.0599. The number of carbonyl (C=O) groups excluding carboxylic acids is 2. The number of amides is 1. The van der Waals surface area contributed by atoms with E-state index < -0.39 is 5.97 Å². The van der Waals surface area contributed by atoms with Crippen molar-refractivity contribution in [2.45, 2.75) is 45.3 Å². The van der Waals surface area contributed by atoms with Gasteiger partial charge < -0.3 is 10.1 Å². The fourth-order valence-corrected chi connectivity index (χ4v) is 3.53. The molecule has 1 aromatic carbocycles. The molecule has 2 heterocycles. The van der Waals surface area contributed by atoms with E-state index >= 15 is 0 Å². The van der Waals surface area contributed by atoms with Gasteiger partial charge in [0.05, 0.1) is 12.7 Å². The number of pyridine rings is 1. The lowest BCUT2D eigenvalue weighted by Gasteiger charge is -2.33. The summed E-state index contributed by atoms with van der Waals surface area (Å²) in [7, 11) is 1.31. The SMILES string of the molecule is COC(=O)c1ccc(C(=O)NCc2ccccc2CN2CCCCC2C)nc1. The molecule has 1 unspecified atom stereocenters. The number of methoxy groups -OCH3 is 1. The van der Waals surface area contributed by atoms with Crippen LogP contribution in [0, 0.1) is 0 Å². The van der Waals surface area contributed by atoms with Gasteiger partial charge in [0.25, 0.3) is 5.91 Å². The topological polar surface area (TPSA) is 71.5 Å². The van der Waals surface area contributed by atoms with Gasteiger partial charge in [-0.05, 0) is 49.6 Å². The highest BCUT2D eigenvalue weighted by molar-refractivity contribution is 5.94. The first-order valence-electron chi connectivity index (χ1n) is 9.72. The Morgan fingerprint density at radius 3 is 2.64 bits per heavy atom. The second kappa shape index (κ2) is 9.46. The molecule has 0 saturated carbocycles. The number of rotatable bonds is 6. The van der Waals surface area contributed by atoms with Gasteiger partial charge in [0.15, 0.2) is 0 Å². The van der Waals surface area contributed by atoms with Gasteiger partial charge in [-0.1, -0.05) is 30.7 Å². The summed E-state index contributed by atoms with van der Waals surface area (Å²) in [6.07, 6.45) is 5.15. The summed E-state index contributed by atoms with van der Waals surface area (Å²) in [5, 5.41) is 2.93. The number of hydrogen-bond donors (Lipinski definition) is 1. The molecule has 2 aromatic rings. The first-order chi connectivity index (χ1) is 13.6. The molecular weight excluding hydrogens is 354 g/mol. The molecule has 1 N–H and O–H groups in total. The van der Waals surface area contributed by atoms with Crippen LogP contribution in [0.2, 0.25) is 0 Å². The van der Waals surface area contributed by atoms with Crippen molar-refractivity contribution in [3.63, 3.8) is 0 Å². The Hall–Kier alpha value is -2.73. The third-order valence-electron chi connectivity index (χ3n) is 5.29. The maximum Gasteiger partial charge on any atom is 0.339 e. The molecule has 1 atom stereocenters. The van der Waals surface area contributed by atoms with Crippen LogP contribution in [0.1, 0.15) is 58.2 Å². The van der Waals surface area contributed by atoms with Crippen LogP contribution in [0.25, 0.3) is 0 Å². The Bertz CT molecular complexity index is 820. The summed E-state index contributed by atoms with van der Waals surface area (Å²) in [4.78, 5) is 30.5. The van der Waals surface area contributed by atoms with Crippen LogP contribution < -0.4 is 5.32 Å². The number of ether oxygens (including phenoxy) is 1. The average molecular weight is 381 g/mol. The summed E-state index contributed by atoms with van der Waals surface area (Å²) in [6, 6.07) is 11.9. The van der Waals surface area contributed by atoms with Crippen LogP contribution in [0.4, 0.5) is 0 Å². The summed E-state index contributed by atoms with van der Waals surface area (Å²) < 4.78 is 4.64. The van der Waals surface area contributed by atoms with E-state index in [1.807, 2.05) is 12.1 Å². The smallest absolute Gasteiger partial charge is 0.339 e. The molecule has 28 heavy (non-hydrogen) atoms. The third-order valence-corrected chi connectivity index (χ3v) is 5.29. The lowest BCUT2D eigenvalue weighted by atomic mass is 10.0. The van der Waals surface area contributed by atoms with Gasteiger partial charge in [0, 0.05) is 25.3 Å². The number of nitrogens with zero attached hydrogens (tertiary/aromatic N) is 2. The number of benzene rings is 1. The van der Waals surface area contributed by atoms with Crippen LogP contribution in [0.15, 0.2) is 42.6 Å². The number of piperidine rings is 1. The molecule has 1 aliphatic rings. The maximum absolute atomic E-state index is 12.4. The Kier molecular flexibility index (Phi) is 6.76. The Labute approximate surface area is 165 Å². The fourth-order valence-electron chi connectivity index (χ4n) is 3.53. The van der Waals surface area contributed by atoms with Crippen molar-refractivity contribution in [3.8, 4) is 0 Å². The zero-order valence-corrected chi connectivity index (χ0v) is 16.5. The van der Waals surface area contributed by atoms with E-state index in [0.29, 0.717) is 18.2 Å². The standard InChI is InChI=1S/C22H27N3O3/c1-16-7-5-6-12-25(16)15-19-9-4-3-8-17(19)13-24-21(26)20-11-10-18(14-23-20)22(27)28-2/h3-4,8-11,14,16H,5-7,12-13,15H2,1-2H3,(H,24,26). The number of nitrogens with one attached hydrogen (secondary N) is 1. The van der Waals surface area contributed by atoms with Crippen molar-refractivity contribution in [3.05, 3.63) is 65.0 Å². The number of hydrogen-bond acceptors (Lipinski definition) is 5. The Morgan fingerprint density at radius 1 is 1.18 bits per heavy atom. The highest BCUT2D eigenvalue weighted by Crippen LogP contribution is 2.20. The number of carbonyl (C=O) groups is 2. The highest BCUT2D eigenvalue weighted by atomic mass is 16.5. The summed E-state index contributed by atoms with van der Waals surface area (Å²) in [6.45, 7) is 4.75. The molecule has 1 amide bonds. The van der Waals surface area contributed by atoms with Gasteiger partial charge in [-0.3, -0.25) is 14.7 Å². The largest absolute Gasteiger partial charge is 0.465 e. The Balaban J connectivity index is 1.62. The van der Waals surface area contributed by atoms with Crippen LogP contribution in [-0.2, 0) is 17.8 Å². The molecule has 1 saturated heterocycles. The Morgan fingerprint density at radius 2 is 1.96 bits per heavy atom. The van der Waals surface area contributed by atoms with Crippen molar-refractivity contribution in [1.29, 1.82) is 0 Å². The van der Waals surface area contributed by atoms with Crippen molar-refractivity contribution in [2.24, 2.45) is 0 Å². The normalized spacial score (nSPS) is 17.1. The highest BCUT2D eigenvalue weighted by Gasteiger charge is 2.19. The molecule has 148 valence electrons. The lowest BCUT2D eigenvalue weighted by Crippen LogP contribution is -2.37. The van der Waals surface area contributed by atoms with E-state index in [1.54, 1.807) is 6.07 Å². The van der Waals surface area contributed by atoms with Gasteiger partial charge in [0.2, 0.25) is 0 Å². The maximum atomic E-state index is 12.4. The van der Waals surface area contributed by atoms with E-state index in [2.05, 4.69) is 39.0 Å². The van der Waals surface area contributed by atoms with Gasteiger partial charge >= 0.3 is 5.97 Å². The molecular formula is C22H27N3O3. The van der Waals surface area contributed by atoms with Crippen LogP contribution in [0.3, 0.4) is 0 Å². The van der Waals surface area contributed by atoms with Gasteiger partial charge in [-0.2, -0.15) is 0 Å². The summed E-state index contributed by atoms with van der Waals surface area (Å²) in [5.41, 5.74) is 2.94. The quantitative estimate of drug-likeness (QED) is 0.778. The van der Waals surface area contributed by atoms with E-state index in [1.165, 1.54) is 44.2 Å².